The van der Waals surface area contributed by atoms with Crippen LogP contribution in [0.1, 0.15) is 12.0 Å². The van der Waals surface area contributed by atoms with Crippen molar-refractivity contribution in [2.24, 2.45) is 5.92 Å². The fourth-order valence-electron chi connectivity index (χ4n) is 1.98. The molecule has 15 heavy (non-hydrogen) atoms. The summed E-state index contributed by atoms with van der Waals surface area (Å²) in [4.78, 5) is 6.20. The molecule has 0 amide bonds. The van der Waals surface area contributed by atoms with Gasteiger partial charge in [-0.05, 0) is 30.5 Å². The van der Waals surface area contributed by atoms with E-state index in [4.69, 9.17) is 0 Å². The van der Waals surface area contributed by atoms with Crippen molar-refractivity contribution in [1.82, 2.24) is 9.88 Å². The molecule has 1 fully saturated rings. The second kappa shape index (κ2) is 5.03. The lowest BCUT2D eigenvalue weighted by Crippen LogP contribution is -2.20. The molecule has 2 rings (SSSR count). The minimum Gasteiger partial charge on any atom is -0.299 e. The quantitative estimate of drug-likeness (QED) is 0.786. The molecule has 1 aromatic heterocycles. The van der Waals surface area contributed by atoms with E-state index in [-0.39, 0.29) is 5.82 Å². The van der Waals surface area contributed by atoms with E-state index in [2.05, 4.69) is 25.8 Å². The normalized spacial score (nSPS) is 22.1. The number of rotatable bonds is 3. The maximum Gasteiger partial charge on any atom is 0.141 e. The topological polar surface area (TPSA) is 16.1 Å². The smallest absolute Gasteiger partial charge is 0.141 e. The number of hydrogen-bond acceptors (Lipinski definition) is 2. The van der Waals surface area contributed by atoms with Crippen LogP contribution in [0.15, 0.2) is 18.5 Å². The average molecular weight is 273 g/mol. The molecule has 2 heterocycles. The molecule has 1 aliphatic heterocycles. The molecule has 0 aromatic carbocycles. The summed E-state index contributed by atoms with van der Waals surface area (Å²) >= 11 is 3.50. The SMILES string of the molecule is Fc1cncc(CN2CCC(CBr)C2)c1. The van der Waals surface area contributed by atoms with E-state index in [9.17, 15) is 4.39 Å². The van der Waals surface area contributed by atoms with Gasteiger partial charge in [-0.3, -0.25) is 9.88 Å². The molecular weight excluding hydrogens is 259 g/mol. The second-order valence-corrected chi connectivity index (χ2v) is 4.70. The number of nitrogens with zero attached hydrogens (tertiary/aromatic N) is 2. The van der Waals surface area contributed by atoms with Crippen LogP contribution in [0, 0.1) is 11.7 Å². The lowest BCUT2D eigenvalue weighted by Gasteiger charge is -2.15. The summed E-state index contributed by atoms with van der Waals surface area (Å²) in [5, 5.41) is 1.06. The molecule has 4 heteroatoms. The van der Waals surface area contributed by atoms with Gasteiger partial charge in [-0.15, -0.1) is 0 Å². The van der Waals surface area contributed by atoms with Crippen molar-refractivity contribution in [3.63, 3.8) is 0 Å². The van der Waals surface area contributed by atoms with E-state index in [1.807, 2.05) is 0 Å². The Kier molecular flexibility index (Phi) is 3.70. The molecule has 0 bridgehead atoms. The standard InChI is InChI=1S/C11H14BrFN2/c12-4-9-1-2-15(7-9)8-10-3-11(13)6-14-5-10/h3,5-6,9H,1-2,4,7-8H2. The van der Waals surface area contributed by atoms with E-state index in [1.165, 1.54) is 12.6 Å². The molecule has 0 aliphatic carbocycles. The summed E-state index contributed by atoms with van der Waals surface area (Å²) < 4.78 is 12.9. The zero-order valence-electron chi connectivity index (χ0n) is 8.50. The minimum atomic E-state index is -0.247. The number of aromatic nitrogens is 1. The maximum atomic E-state index is 12.9. The van der Waals surface area contributed by atoms with Crippen LogP contribution >= 0.6 is 15.9 Å². The van der Waals surface area contributed by atoms with Crippen molar-refractivity contribution in [2.75, 3.05) is 18.4 Å². The molecule has 1 aromatic rings. The molecule has 0 saturated carbocycles. The van der Waals surface area contributed by atoms with Crippen LogP contribution in [0.25, 0.3) is 0 Å². The van der Waals surface area contributed by atoms with Crippen LogP contribution in [0.2, 0.25) is 0 Å². The highest BCUT2D eigenvalue weighted by Gasteiger charge is 2.21. The Bertz CT molecular complexity index is 332. The second-order valence-electron chi connectivity index (χ2n) is 4.06. The van der Waals surface area contributed by atoms with Crippen LogP contribution in [0.3, 0.4) is 0 Å². The monoisotopic (exact) mass is 272 g/mol. The fraction of sp³-hybridized carbons (Fsp3) is 0.545. The molecule has 2 nitrogen and oxygen atoms in total. The van der Waals surface area contributed by atoms with Gasteiger partial charge >= 0.3 is 0 Å². The lowest BCUT2D eigenvalue weighted by molar-refractivity contribution is 0.320. The first-order chi connectivity index (χ1) is 7.28. The van der Waals surface area contributed by atoms with E-state index in [1.54, 1.807) is 12.3 Å². The van der Waals surface area contributed by atoms with Gasteiger partial charge in [-0.2, -0.15) is 0 Å². The number of hydrogen-bond donors (Lipinski definition) is 0. The Balaban J connectivity index is 1.92. The largest absolute Gasteiger partial charge is 0.299 e. The molecule has 0 N–H and O–H groups in total. The highest BCUT2D eigenvalue weighted by Crippen LogP contribution is 2.20. The molecule has 0 spiro atoms. The van der Waals surface area contributed by atoms with Gasteiger partial charge in [0.15, 0.2) is 0 Å². The van der Waals surface area contributed by atoms with E-state index in [0.717, 1.165) is 36.4 Å². The molecule has 1 atom stereocenters. The minimum absolute atomic E-state index is 0.247. The van der Waals surface area contributed by atoms with Gasteiger partial charge in [0.2, 0.25) is 0 Å². The van der Waals surface area contributed by atoms with Gasteiger partial charge < -0.3 is 0 Å². The fourth-order valence-corrected chi connectivity index (χ4v) is 2.51. The third-order valence-electron chi connectivity index (χ3n) is 2.76. The molecule has 1 aliphatic rings. The van der Waals surface area contributed by atoms with E-state index < -0.39 is 0 Å². The maximum absolute atomic E-state index is 12.9. The summed E-state index contributed by atoms with van der Waals surface area (Å²) in [6.45, 7) is 3.02. The molecular formula is C11H14BrFN2. The zero-order valence-corrected chi connectivity index (χ0v) is 10.1. The summed E-state index contributed by atoms with van der Waals surface area (Å²) in [6, 6.07) is 1.56. The van der Waals surface area contributed by atoms with Gasteiger partial charge in [0.25, 0.3) is 0 Å². The van der Waals surface area contributed by atoms with Gasteiger partial charge in [0.1, 0.15) is 5.82 Å². The van der Waals surface area contributed by atoms with Gasteiger partial charge in [0.05, 0.1) is 6.20 Å². The first-order valence-electron chi connectivity index (χ1n) is 5.15. The van der Waals surface area contributed by atoms with Crippen molar-refractivity contribution < 1.29 is 4.39 Å². The number of pyridine rings is 1. The Hall–Kier alpha value is -0.480. The number of halogens is 2. The Morgan fingerprint density at radius 2 is 2.40 bits per heavy atom. The van der Waals surface area contributed by atoms with Crippen LogP contribution in [0.4, 0.5) is 4.39 Å². The Morgan fingerprint density at radius 1 is 1.53 bits per heavy atom. The van der Waals surface area contributed by atoms with Crippen molar-refractivity contribution in [3.05, 3.63) is 29.8 Å². The highest BCUT2D eigenvalue weighted by atomic mass is 79.9. The van der Waals surface area contributed by atoms with Gasteiger partial charge in [0, 0.05) is 24.6 Å². The van der Waals surface area contributed by atoms with E-state index >= 15 is 0 Å². The van der Waals surface area contributed by atoms with Crippen molar-refractivity contribution in [2.45, 2.75) is 13.0 Å². The van der Waals surface area contributed by atoms with Crippen molar-refractivity contribution >= 4 is 15.9 Å². The van der Waals surface area contributed by atoms with Gasteiger partial charge in [-0.1, -0.05) is 15.9 Å². The van der Waals surface area contributed by atoms with Crippen LogP contribution in [-0.2, 0) is 6.54 Å². The first kappa shape index (κ1) is 11.0. The van der Waals surface area contributed by atoms with E-state index in [0.29, 0.717) is 0 Å². The third-order valence-corrected chi connectivity index (χ3v) is 3.67. The summed E-state index contributed by atoms with van der Waals surface area (Å²) in [5.41, 5.74) is 0.963. The van der Waals surface area contributed by atoms with Crippen LogP contribution < -0.4 is 0 Å². The van der Waals surface area contributed by atoms with Crippen molar-refractivity contribution in [3.8, 4) is 0 Å². The number of alkyl halides is 1. The van der Waals surface area contributed by atoms with Crippen LogP contribution in [-0.4, -0.2) is 28.3 Å². The highest BCUT2D eigenvalue weighted by molar-refractivity contribution is 9.09. The molecule has 1 unspecified atom stereocenters. The Morgan fingerprint density at radius 3 is 3.07 bits per heavy atom. The molecule has 82 valence electrons. The summed E-state index contributed by atoms with van der Waals surface area (Å²) in [7, 11) is 0. The average Bonchev–Trinajstić information content (AvgIpc) is 2.65. The molecule has 1 saturated heterocycles. The molecule has 0 radical (unpaired) electrons. The summed E-state index contributed by atoms with van der Waals surface area (Å²) in [6.07, 6.45) is 4.22. The third kappa shape index (κ3) is 2.98. The Labute approximate surface area is 97.6 Å². The summed E-state index contributed by atoms with van der Waals surface area (Å²) in [5.74, 6) is 0.496. The number of likely N-dealkylation sites (tertiary alicyclic amines) is 1. The zero-order chi connectivity index (χ0) is 10.7. The predicted molar refractivity (Wildman–Crippen MR) is 61.4 cm³/mol. The first-order valence-corrected chi connectivity index (χ1v) is 6.28. The van der Waals surface area contributed by atoms with Gasteiger partial charge in [-0.25, -0.2) is 4.39 Å². The predicted octanol–water partition coefficient (Wildman–Crippen LogP) is 2.44. The lowest BCUT2D eigenvalue weighted by atomic mass is 10.2. The van der Waals surface area contributed by atoms with Crippen molar-refractivity contribution in [1.29, 1.82) is 0 Å². The van der Waals surface area contributed by atoms with Crippen LogP contribution in [0.5, 0.6) is 0 Å².